The maximum atomic E-state index is 10.9. The number of carbonyl (C=O) groups is 1. The molecule has 1 fully saturated rings. The Morgan fingerprint density at radius 3 is 3.13 bits per heavy atom. The lowest BCUT2D eigenvalue weighted by atomic mass is 10.3. The summed E-state index contributed by atoms with van der Waals surface area (Å²) in [6.07, 6.45) is 4.89. The van der Waals surface area contributed by atoms with Gasteiger partial charge in [0.05, 0.1) is 0 Å². The minimum atomic E-state index is -0.994. The number of hydrogen-bond donors (Lipinski definition) is 2. The zero-order chi connectivity index (χ0) is 10.8. The van der Waals surface area contributed by atoms with Crippen LogP contribution in [0.15, 0.2) is 12.5 Å². The summed E-state index contributed by atoms with van der Waals surface area (Å²) >= 11 is 0. The van der Waals surface area contributed by atoms with E-state index in [1.165, 1.54) is 12.5 Å². The quantitative estimate of drug-likeness (QED) is 0.780. The smallest absolute Gasteiger partial charge is 0.341 e. The summed E-state index contributed by atoms with van der Waals surface area (Å²) in [7, 11) is 0. The summed E-state index contributed by atoms with van der Waals surface area (Å²) in [6, 6.07) is 0.378. The maximum Gasteiger partial charge on any atom is 0.341 e. The highest BCUT2D eigenvalue weighted by Gasteiger charge is 2.36. The lowest BCUT2D eigenvalue weighted by Gasteiger charge is -2.06. The van der Waals surface area contributed by atoms with E-state index in [-0.39, 0.29) is 5.56 Å². The molecular formula is C10H13N3O2. The van der Waals surface area contributed by atoms with E-state index in [1.807, 2.05) is 0 Å². The third-order valence-electron chi connectivity index (χ3n) is 2.71. The first-order valence-electron chi connectivity index (χ1n) is 5.02. The Hall–Kier alpha value is -1.65. The molecule has 1 aromatic rings. The van der Waals surface area contributed by atoms with Gasteiger partial charge < -0.3 is 10.4 Å². The van der Waals surface area contributed by atoms with Crippen molar-refractivity contribution in [2.24, 2.45) is 5.92 Å². The van der Waals surface area contributed by atoms with E-state index in [0.29, 0.717) is 17.8 Å². The van der Waals surface area contributed by atoms with Crippen molar-refractivity contribution >= 4 is 11.8 Å². The fraction of sp³-hybridized carbons (Fsp3) is 0.500. The van der Waals surface area contributed by atoms with Gasteiger partial charge >= 0.3 is 5.97 Å². The first kappa shape index (κ1) is 9.89. The average Bonchev–Trinajstić information content (AvgIpc) is 2.97. The van der Waals surface area contributed by atoms with Crippen molar-refractivity contribution in [1.29, 1.82) is 0 Å². The van der Waals surface area contributed by atoms with Gasteiger partial charge in [-0.1, -0.05) is 13.3 Å². The summed E-state index contributed by atoms with van der Waals surface area (Å²) in [5, 5.41) is 12.0. The largest absolute Gasteiger partial charge is 0.477 e. The minimum absolute atomic E-state index is 0.138. The Balaban J connectivity index is 2.11. The Morgan fingerprint density at radius 1 is 1.73 bits per heavy atom. The van der Waals surface area contributed by atoms with Crippen LogP contribution in [-0.2, 0) is 0 Å². The number of carboxylic acid groups (broad SMARTS) is 1. The second-order valence-electron chi connectivity index (χ2n) is 3.75. The molecule has 2 rings (SSSR count). The molecule has 2 N–H and O–H groups in total. The van der Waals surface area contributed by atoms with Crippen molar-refractivity contribution in [3.8, 4) is 0 Å². The van der Waals surface area contributed by atoms with E-state index in [4.69, 9.17) is 5.11 Å². The minimum Gasteiger partial charge on any atom is -0.477 e. The van der Waals surface area contributed by atoms with Crippen LogP contribution in [-0.4, -0.2) is 27.1 Å². The Kier molecular flexibility index (Phi) is 2.53. The lowest BCUT2D eigenvalue weighted by Crippen LogP contribution is -2.11. The molecule has 0 spiro atoms. The molecule has 5 heteroatoms. The first-order valence-corrected chi connectivity index (χ1v) is 5.02. The molecule has 0 bridgehead atoms. The van der Waals surface area contributed by atoms with E-state index in [0.717, 1.165) is 12.8 Å². The zero-order valence-electron chi connectivity index (χ0n) is 8.47. The molecule has 0 aliphatic heterocycles. The molecule has 15 heavy (non-hydrogen) atoms. The highest BCUT2D eigenvalue weighted by molar-refractivity contribution is 5.92. The Morgan fingerprint density at radius 2 is 2.53 bits per heavy atom. The van der Waals surface area contributed by atoms with E-state index in [1.54, 1.807) is 0 Å². The van der Waals surface area contributed by atoms with Crippen LogP contribution < -0.4 is 5.32 Å². The zero-order valence-corrected chi connectivity index (χ0v) is 8.47. The van der Waals surface area contributed by atoms with Crippen LogP contribution >= 0.6 is 0 Å². The molecule has 0 saturated heterocycles. The molecule has 1 aliphatic carbocycles. The Labute approximate surface area is 87.6 Å². The number of aromatic nitrogens is 2. The second kappa shape index (κ2) is 3.84. The summed E-state index contributed by atoms with van der Waals surface area (Å²) in [5.41, 5.74) is 0.138. The van der Waals surface area contributed by atoms with Gasteiger partial charge in [-0.05, 0) is 12.3 Å². The standard InChI is InChI=1S/C10H13N3O2/c1-2-6-3-8(6)13-9-7(10(14)15)4-11-5-12-9/h4-6,8H,2-3H2,1H3,(H,14,15)(H,11,12,13). The number of anilines is 1. The van der Waals surface area contributed by atoms with Crippen molar-refractivity contribution in [1.82, 2.24) is 9.97 Å². The second-order valence-corrected chi connectivity index (χ2v) is 3.75. The molecule has 5 nitrogen and oxygen atoms in total. The van der Waals surface area contributed by atoms with Crippen molar-refractivity contribution in [3.63, 3.8) is 0 Å². The normalized spacial score (nSPS) is 23.5. The summed E-state index contributed by atoms with van der Waals surface area (Å²) < 4.78 is 0. The van der Waals surface area contributed by atoms with Crippen LogP contribution in [0.5, 0.6) is 0 Å². The molecular weight excluding hydrogens is 194 g/mol. The number of nitrogens with zero attached hydrogens (tertiary/aromatic N) is 2. The lowest BCUT2D eigenvalue weighted by molar-refractivity contribution is 0.0697. The molecule has 2 atom stereocenters. The van der Waals surface area contributed by atoms with Crippen LogP contribution in [0.1, 0.15) is 30.1 Å². The Bertz CT molecular complexity index is 381. The van der Waals surface area contributed by atoms with E-state index in [2.05, 4.69) is 22.2 Å². The molecule has 0 radical (unpaired) electrons. The van der Waals surface area contributed by atoms with Gasteiger partial charge in [0.25, 0.3) is 0 Å². The molecule has 1 saturated carbocycles. The van der Waals surface area contributed by atoms with Gasteiger partial charge in [-0.15, -0.1) is 0 Å². The number of rotatable bonds is 4. The third kappa shape index (κ3) is 2.06. The predicted octanol–water partition coefficient (Wildman–Crippen LogP) is 1.39. The van der Waals surface area contributed by atoms with Crippen molar-refractivity contribution < 1.29 is 9.90 Å². The van der Waals surface area contributed by atoms with Gasteiger partial charge in [0.15, 0.2) is 0 Å². The third-order valence-corrected chi connectivity index (χ3v) is 2.71. The van der Waals surface area contributed by atoms with Gasteiger partial charge in [-0.25, -0.2) is 14.8 Å². The molecule has 1 aliphatic rings. The molecule has 1 heterocycles. The monoisotopic (exact) mass is 207 g/mol. The number of nitrogens with one attached hydrogen (secondary N) is 1. The van der Waals surface area contributed by atoms with Gasteiger partial charge in [-0.3, -0.25) is 0 Å². The van der Waals surface area contributed by atoms with Gasteiger partial charge in [-0.2, -0.15) is 0 Å². The van der Waals surface area contributed by atoms with Gasteiger partial charge in [0.2, 0.25) is 0 Å². The maximum absolute atomic E-state index is 10.9. The average molecular weight is 207 g/mol. The van der Waals surface area contributed by atoms with Crippen molar-refractivity contribution in [2.45, 2.75) is 25.8 Å². The summed E-state index contributed by atoms with van der Waals surface area (Å²) in [4.78, 5) is 18.5. The van der Waals surface area contributed by atoms with E-state index >= 15 is 0 Å². The van der Waals surface area contributed by atoms with Gasteiger partial charge in [0.1, 0.15) is 17.7 Å². The van der Waals surface area contributed by atoms with E-state index in [9.17, 15) is 4.79 Å². The molecule has 2 unspecified atom stereocenters. The van der Waals surface area contributed by atoms with Crippen molar-refractivity contribution in [2.75, 3.05) is 5.32 Å². The van der Waals surface area contributed by atoms with Crippen LogP contribution in [0.4, 0.5) is 5.82 Å². The fourth-order valence-electron chi connectivity index (χ4n) is 1.65. The van der Waals surface area contributed by atoms with Crippen LogP contribution in [0, 0.1) is 5.92 Å². The van der Waals surface area contributed by atoms with Crippen LogP contribution in [0.3, 0.4) is 0 Å². The first-order chi connectivity index (χ1) is 7.22. The van der Waals surface area contributed by atoms with Crippen LogP contribution in [0.2, 0.25) is 0 Å². The van der Waals surface area contributed by atoms with Crippen molar-refractivity contribution in [3.05, 3.63) is 18.1 Å². The topological polar surface area (TPSA) is 75.1 Å². The highest BCUT2D eigenvalue weighted by Crippen LogP contribution is 2.36. The summed E-state index contributed by atoms with van der Waals surface area (Å²) in [6.45, 7) is 2.13. The molecule has 0 amide bonds. The molecule has 0 aromatic carbocycles. The molecule has 80 valence electrons. The number of aromatic carboxylic acids is 1. The highest BCUT2D eigenvalue weighted by atomic mass is 16.4. The van der Waals surface area contributed by atoms with E-state index < -0.39 is 5.97 Å². The number of hydrogen-bond acceptors (Lipinski definition) is 4. The number of carboxylic acids is 1. The molecule has 1 aromatic heterocycles. The SMILES string of the molecule is CCC1CC1Nc1ncncc1C(=O)O. The fourth-order valence-corrected chi connectivity index (χ4v) is 1.65. The van der Waals surface area contributed by atoms with Gasteiger partial charge in [0, 0.05) is 12.2 Å². The summed E-state index contributed by atoms with van der Waals surface area (Å²) in [5.74, 6) is 0.0897. The predicted molar refractivity (Wildman–Crippen MR) is 54.8 cm³/mol. The van der Waals surface area contributed by atoms with Crippen LogP contribution in [0.25, 0.3) is 0 Å².